The summed E-state index contributed by atoms with van der Waals surface area (Å²) in [6.45, 7) is 0.780. The highest BCUT2D eigenvalue weighted by molar-refractivity contribution is 5.51. The normalized spacial score (nSPS) is 13.8. The van der Waals surface area contributed by atoms with E-state index in [0.717, 1.165) is 36.8 Å². The predicted molar refractivity (Wildman–Crippen MR) is 72.3 cm³/mol. The van der Waals surface area contributed by atoms with Crippen LogP contribution in [0, 0.1) is 0 Å². The van der Waals surface area contributed by atoms with E-state index in [2.05, 4.69) is 15.1 Å². The molecule has 3 aromatic rings. The number of imidazole rings is 1. The van der Waals surface area contributed by atoms with Crippen LogP contribution in [-0.2, 0) is 6.42 Å². The standard InChI is InChI=1S/C14H13N5O/c1-4-12(11-3-2-8-20-13(11)5-1)19-14(16-9-17-19)18-7-6-15-10-18/h1,4-7,9-10H,2-3,8H2. The van der Waals surface area contributed by atoms with Crippen LogP contribution in [-0.4, -0.2) is 30.9 Å². The third-order valence-electron chi connectivity index (χ3n) is 3.43. The summed E-state index contributed by atoms with van der Waals surface area (Å²) >= 11 is 0. The van der Waals surface area contributed by atoms with E-state index in [1.54, 1.807) is 18.9 Å². The Hall–Kier alpha value is -2.63. The molecule has 0 N–H and O–H groups in total. The molecule has 6 nitrogen and oxygen atoms in total. The molecule has 1 aliphatic rings. The Morgan fingerprint density at radius 3 is 3.15 bits per heavy atom. The second-order valence-electron chi connectivity index (χ2n) is 4.65. The Morgan fingerprint density at radius 2 is 2.25 bits per heavy atom. The maximum absolute atomic E-state index is 5.71. The van der Waals surface area contributed by atoms with Crippen molar-refractivity contribution in [2.75, 3.05) is 6.61 Å². The highest BCUT2D eigenvalue weighted by Gasteiger charge is 2.18. The summed E-state index contributed by atoms with van der Waals surface area (Å²) in [4.78, 5) is 8.38. The molecule has 6 heteroatoms. The van der Waals surface area contributed by atoms with Crippen molar-refractivity contribution >= 4 is 0 Å². The van der Waals surface area contributed by atoms with Gasteiger partial charge >= 0.3 is 0 Å². The maximum Gasteiger partial charge on any atom is 0.238 e. The van der Waals surface area contributed by atoms with Gasteiger partial charge in [0.25, 0.3) is 0 Å². The largest absolute Gasteiger partial charge is 0.493 e. The molecule has 0 bridgehead atoms. The molecule has 0 atom stereocenters. The third kappa shape index (κ3) is 1.69. The summed E-state index contributed by atoms with van der Waals surface area (Å²) < 4.78 is 9.38. The minimum Gasteiger partial charge on any atom is -0.493 e. The SMILES string of the molecule is c1cc2c(c(-n3ncnc3-n3ccnc3)c1)CCCO2. The Morgan fingerprint density at radius 1 is 1.25 bits per heavy atom. The first-order valence-electron chi connectivity index (χ1n) is 6.57. The molecule has 100 valence electrons. The maximum atomic E-state index is 5.71. The van der Waals surface area contributed by atoms with Crippen LogP contribution in [0.25, 0.3) is 11.6 Å². The van der Waals surface area contributed by atoms with Crippen LogP contribution in [0.3, 0.4) is 0 Å². The molecule has 1 aromatic carbocycles. The fourth-order valence-corrected chi connectivity index (χ4v) is 2.53. The van der Waals surface area contributed by atoms with E-state index >= 15 is 0 Å². The Labute approximate surface area is 115 Å². The number of nitrogens with zero attached hydrogens (tertiary/aromatic N) is 5. The second-order valence-corrected chi connectivity index (χ2v) is 4.65. The number of aromatic nitrogens is 5. The van der Waals surface area contributed by atoms with Gasteiger partial charge in [-0.25, -0.2) is 4.98 Å². The molecule has 1 aliphatic heterocycles. The summed E-state index contributed by atoms with van der Waals surface area (Å²) in [5, 5.41) is 4.35. The first kappa shape index (κ1) is 11.2. The number of fused-ring (bicyclic) bond motifs is 1. The molecule has 0 amide bonds. The number of rotatable bonds is 2. The van der Waals surface area contributed by atoms with Gasteiger partial charge in [0.05, 0.1) is 12.3 Å². The van der Waals surface area contributed by atoms with Gasteiger partial charge in [0.15, 0.2) is 0 Å². The van der Waals surface area contributed by atoms with Gasteiger partial charge in [-0.2, -0.15) is 14.8 Å². The predicted octanol–water partition coefficient (Wildman–Crippen LogP) is 1.78. The van der Waals surface area contributed by atoms with Crippen molar-refractivity contribution in [3.8, 4) is 17.4 Å². The smallest absolute Gasteiger partial charge is 0.238 e. The fourth-order valence-electron chi connectivity index (χ4n) is 2.53. The van der Waals surface area contributed by atoms with Crippen LogP contribution in [0.5, 0.6) is 5.75 Å². The average Bonchev–Trinajstić information content (AvgIpc) is 3.17. The number of hydrogen-bond acceptors (Lipinski definition) is 4. The number of hydrogen-bond donors (Lipinski definition) is 0. The van der Waals surface area contributed by atoms with Crippen LogP contribution in [0.4, 0.5) is 0 Å². The van der Waals surface area contributed by atoms with Crippen LogP contribution < -0.4 is 4.74 Å². The fraction of sp³-hybridized carbons (Fsp3) is 0.214. The lowest BCUT2D eigenvalue weighted by Crippen LogP contribution is -2.13. The Balaban J connectivity index is 1.89. The lowest BCUT2D eigenvalue weighted by Gasteiger charge is -2.20. The molecule has 0 spiro atoms. The van der Waals surface area contributed by atoms with Crippen molar-refractivity contribution in [2.45, 2.75) is 12.8 Å². The lowest BCUT2D eigenvalue weighted by molar-refractivity contribution is 0.288. The van der Waals surface area contributed by atoms with Crippen molar-refractivity contribution in [1.29, 1.82) is 0 Å². The summed E-state index contributed by atoms with van der Waals surface area (Å²) in [6.07, 6.45) is 8.87. The molecule has 0 radical (unpaired) electrons. The molecule has 0 saturated carbocycles. The molecular formula is C14H13N5O. The summed E-state index contributed by atoms with van der Waals surface area (Å²) in [5.41, 5.74) is 2.20. The Kier molecular flexibility index (Phi) is 2.51. The minimum atomic E-state index is 0.724. The van der Waals surface area contributed by atoms with Gasteiger partial charge in [0, 0.05) is 18.0 Å². The third-order valence-corrected chi connectivity index (χ3v) is 3.43. The van der Waals surface area contributed by atoms with Gasteiger partial charge in [-0.05, 0) is 25.0 Å². The molecule has 20 heavy (non-hydrogen) atoms. The molecule has 3 heterocycles. The van der Waals surface area contributed by atoms with Gasteiger partial charge in [0.2, 0.25) is 5.95 Å². The summed E-state index contributed by atoms with van der Waals surface area (Å²) in [6, 6.07) is 6.04. The van der Waals surface area contributed by atoms with Gasteiger partial charge in [0.1, 0.15) is 18.4 Å². The second kappa shape index (κ2) is 4.48. The van der Waals surface area contributed by atoms with E-state index in [4.69, 9.17) is 4.74 Å². The topological polar surface area (TPSA) is 57.8 Å². The van der Waals surface area contributed by atoms with Crippen molar-refractivity contribution in [2.24, 2.45) is 0 Å². The average molecular weight is 267 g/mol. The van der Waals surface area contributed by atoms with E-state index in [1.807, 2.05) is 33.6 Å². The van der Waals surface area contributed by atoms with E-state index in [9.17, 15) is 0 Å². The van der Waals surface area contributed by atoms with Crippen molar-refractivity contribution < 1.29 is 4.74 Å². The summed E-state index contributed by atoms with van der Waals surface area (Å²) in [5.74, 6) is 1.67. The van der Waals surface area contributed by atoms with Crippen molar-refractivity contribution in [1.82, 2.24) is 24.3 Å². The van der Waals surface area contributed by atoms with Crippen LogP contribution in [0.1, 0.15) is 12.0 Å². The molecule has 4 rings (SSSR count). The first-order valence-corrected chi connectivity index (χ1v) is 6.57. The highest BCUT2D eigenvalue weighted by atomic mass is 16.5. The van der Waals surface area contributed by atoms with Crippen LogP contribution in [0.2, 0.25) is 0 Å². The zero-order valence-corrected chi connectivity index (χ0v) is 10.8. The van der Waals surface area contributed by atoms with Gasteiger partial charge in [-0.15, -0.1) is 0 Å². The van der Waals surface area contributed by atoms with Crippen molar-refractivity contribution in [3.05, 3.63) is 48.8 Å². The van der Waals surface area contributed by atoms with Crippen molar-refractivity contribution in [3.63, 3.8) is 0 Å². The van der Waals surface area contributed by atoms with Gasteiger partial charge in [-0.1, -0.05) is 6.07 Å². The molecule has 0 aliphatic carbocycles. The molecule has 2 aromatic heterocycles. The van der Waals surface area contributed by atoms with Gasteiger partial charge < -0.3 is 4.74 Å². The lowest BCUT2D eigenvalue weighted by atomic mass is 10.0. The number of ether oxygens (including phenoxy) is 1. The van der Waals surface area contributed by atoms with E-state index in [0.29, 0.717) is 0 Å². The Bertz CT molecular complexity index is 732. The molecule has 0 fully saturated rings. The van der Waals surface area contributed by atoms with E-state index < -0.39 is 0 Å². The monoisotopic (exact) mass is 267 g/mol. The van der Waals surface area contributed by atoms with E-state index in [-0.39, 0.29) is 0 Å². The highest BCUT2D eigenvalue weighted by Crippen LogP contribution is 2.30. The molecule has 0 saturated heterocycles. The van der Waals surface area contributed by atoms with E-state index in [1.165, 1.54) is 5.56 Å². The zero-order valence-electron chi connectivity index (χ0n) is 10.8. The zero-order chi connectivity index (χ0) is 13.4. The molecular weight excluding hydrogens is 254 g/mol. The number of benzene rings is 1. The summed E-state index contributed by atoms with van der Waals surface area (Å²) in [7, 11) is 0. The minimum absolute atomic E-state index is 0.724. The van der Waals surface area contributed by atoms with Crippen LogP contribution >= 0.6 is 0 Å². The molecule has 0 unspecified atom stereocenters. The van der Waals surface area contributed by atoms with Gasteiger partial charge in [-0.3, -0.25) is 4.57 Å². The first-order chi connectivity index (χ1) is 9.93. The van der Waals surface area contributed by atoms with Crippen LogP contribution in [0.15, 0.2) is 43.2 Å². The quantitative estimate of drug-likeness (QED) is 0.710.